The summed E-state index contributed by atoms with van der Waals surface area (Å²) in [6, 6.07) is 11.8. The summed E-state index contributed by atoms with van der Waals surface area (Å²) in [7, 11) is -1.81. The number of aromatic nitrogens is 1. The third-order valence-electron chi connectivity index (χ3n) is 7.36. The summed E-state index contributed by atoms with van der Waals surface area (Å²) in [5.41, 5.74) is 2.27. The number of fused-ring (bicyclic) bond motifs is 1. The van der Waals surface area contributed by atoms with E-state index in [0.29, 0.717) is 49.0 Å². The minimum atomic E-state index is -3.60. The Morgan fingerprint density at radius 3 is 2.53 bits per heavy atom. The number of amides is 2. The van der Waals surface area contributed by atoms with Crippen LogP contribution in [0.15, 0.2) is 52.9 Å². The number of carbonyl (C=O) groups is 2. The molecule has 0 bridgehead atoms. The van der Waals surface area contributed by atoms with Crippen LogP contribution in [0.25, 0.3) is 10.2 Å². The molecule has 2 amide bonds. The van der Waals surface area contributed by atoms with Crippen LogP contribution in [0.4, 0.5) is 0 Å². The Hall–Kier alpha value is -2.82. The van der Waals surface area contributed by atoms with Crippen molar-refractivity contribution in [1.82, 2.24) is 14.8 Å². The van der Waals surface area contributed by atoms with Gasteiger partial charge in [-0.15, -0.1) is 11.3 Å². The number of carbonyl (C=O) groups excluding carboxylic acids is 2. The summed E-state index contributed by atoms with van der Waals surface area (Å²) in [5, 5.41) is 11.0. The number of likely N-dealkylation sites (tertiary alicyclic amines) is 2. The van der Waals surface area contributed by atoms with Gasteiger partial charge in [0.05, 0.1) is 32.0 Å². The van der Waals surface area contributed by atoms with E-state index in [1.807, 2.05) is 6.07 Å². The van der Waals surface area contributed by atoms with Gasteiger partial charge in [-0.25, -0.2) is 13.4 Å². The molecule has 1 unspecified atom stereocenters. The maximum atomic E-state index is 13.0. The molecule has 1 atom stereocenters. The second-order valence-electron chi connectivity index (χ2n) is 9.88. The molecule has 0 radical (unpaired) electrons. The SMILES string of the molecule is CN1CCC(CC2(O)CCN(C(=O)c3ccc(CS(=O)(=O)c4cccc5scnc45)cc3)CC2)C1=O. The average molecular weight is 528 g/mol. The first-order valence-corrected chi connectivity index (χ1v) is 14.6. The summed E-state index contributed by atoms with van der Waals surface area (Å²) < 4.78 is 26.9. The Bertz CT molecular complexity index is 1390. The number of hydrogen-bond acceptors (Lipinski definition) is 7. The highest BCUT2D eigenvalue weighted by atomic mass is 32.2. The van der Waals surface area contributed by atoms with Gasteiger partial charge >= 0.3 is 0 Å². The van der Waals surface area contributed by atoms with Gasteiger partial charge in [0.15, 0.2) is 9.84 Å². The summed E-state index contributed by atoms with van der Waals surface area (Å²) in [6.45, 7) is 1.56. The maximum Gasteiger partial charge on any atom is 0.253 e. The molecule has 0 saturated carbocycles. The number of benzene rings is 2. The lowest BCUT2D eigenvalue weighted by molar-refractivity contribution is -0.132. The van der Waals surface area contributed by atoms with Crippen LogP contribution < -0.4 is 0 Å². The minimum Gasteiger partial charge on any atom is -0.390 e. The first-order valence-electron chi connectivity index (χ1n) is 12.1. The normalized spacial score (nSPS) is 20.3. The van der Waals surface area contributed by atoms with Crippen LogP contribution in [0.2, 0.25) is 0 Å². The van der Waals surface area contributed by atoms with Gasteiger partial charge in [-0.05, 0) is 55.5 Å². The maximum absolute atomic E-state index is 13.0. The Morgan fingerprint density at radius 2 is 1.86 bits per heavy atom. The average Bonchev–Trinajstić information content (AvgIpc) is 3.46. The number of aliphatic hydroxyl groups is 1. The fraction of sp³-hybridized carbons (Fsp3) is 0.423. The Kier molecular flexibility index (Phi) is 6.61. The monoisotopic (exact) mass is 527 g/mol. The molecule has 1 N–H and O–H groups in total. The fourth-order valence-corrected chi connectivity index (χ4v) is 7.51. The molecule has 190 valence electrons. The molecule has 0 spiro atoms. The van der Waals surface area contributed by atoms with Crippen molar-refractivity contribution in [3.05, 3.63) is 59.1 Å². The van der Waals surface area contributed by atoms with Gasteiger partial charge in [-0.1, -0.05) is 18.2 Å². The van der Waals surface area contributed by atoms with E-state index in [0.717, 1.165) is 17.7 Å². The Balaban J connectivity index is 1.21. The Labute approximate surface area is 214 Å². The zero-order chi connectivity index (χ0) is 25.5. The van der Waals surface area contributed by atoms with E-state index in [-0.39, 0.29) is 28.4 Å². The molecule has 2 aromatic carbocycles. The van der Waals surface area contributed by atoms with Crippen LogP contribution in [-0.4, -0.2) is 72.4 Å². The summed E-state index contributed by atoms with van der Waals surface area (Å²) in [6.07, 6.45) is 2.08. The standard InChI is InChI=1S/C26H29N3O5S2/c1-28-12-9-20(24(28)30)15-26(32)10-13-29(14-11-26)25(31)19-7-5-18(6-8-19)16-36(33,34)22-4-2-3-21-23(22)27-17-35-21/h2-8,17,20,32H,9-16H2,1H3. The van der Waals surface area contributed by atoms with E-state index in [4.69, 9.17) is 0 Å². The lowest BCUT2D eigenvalue weighted by Crippen LogP contribution is -2.48. The van der Waals surface area contributed by atoms with E-state index in [1.165, 1.54) is 11.3 Å². The van der Waals surface area contributed by atoms with Crippen molar-refractivity contribution in [1.29, 1.82) is 0 Å². The summed E-state index contributed by atoms with van der Waals surface area (Å²) >= 11 is 1.40. The number of thiazole rings is 1. The molecule has 2 aliphatic heterocycles. The van der Waals surface area contributed by atoms with Crippen molar-refractivity contribution in [2.75, 3.05) is 26.7 Å². The van der Waals surface area contributed by atoms with Gasteiger partial charge in [-0.2, -0.15) is 0 Å². The molecular weight excluding hydrogens is 498 g/mol. The molecule has 10 heteroatoms. The van der Waals surface area contributed by atoms with E-state index in [1.54, 1.807) is 58.8 Å². The number of para-hydroxylation sites is 1. The fourth-order valence-electron chi connectivity index (χ4n) is 5.21. The zero-order valence-corrected chi connectivity index (χ0v) is 21.7. The van der Waals surface area contributed by atoms with E-state index in [9.17, 15) is 23.1 Å². The third-order valence-corrected chi connectivity index (χ3v) is 9.87. The highest BCUT2D eigenvalue weighted by Gasteiger charge is 2.40. The van der Waals surface area contributed by atoms with Crippen molar-refractivity contribution in [3.63, 3.8) is 0 Å². The topological polar surface area (TPSA) is 108 Å². The van der Waals surface area contributed by atoms with Crippen LogP contribution >= 0.6 is 11.3 Å². The van der Waals surface area contributed by atoms with Crippen molar-refractivity contribution < 1.29 is 23.1 Å². The molecule has 5 rings (SSSR count). The predicted octanol–water partition coefficient (Wildman–Crippen LogP) is 3.11. The van der Waals surface area contributed by atoms with Crippen molar-refractivity contribution in [3.8, 4) is 0 Å². The quantitative estimate of drug-likeness (QED) is 0.528. The first-order chi connectivity index (χ1) is 17.2. The van der Waals surface area contributed by atoms with Crippen molar-refractivity contribution in [2.24, 2.45) is 5.92 Å². The lowest BCUT2D eigenvalue weighted by Gasteiger charge is -2.39. The summed E-state index contributed by atoms with van der Waals surface area (Å²) in [4.78, 5) is 33.1. The largest absolute Gasteiger partial charge is 0.390 e. The highest BCUT2D eigenvalue weighted by molar-refractivity contribution is 7.90. The van der Waals surface area contributed by atoms with Gasteiger partial charge in [0.25, 0.3) is 5.91 Å². The van der Waals surface area contributed by atoms with Gasteiger partial charge in [0, 0.05) is 38.2 Å². The minimum absolute atomic E-state index is 0.0901. The third kappa shape index (κ3) is 4.89. The van der Waals surface area contributed by atoms with Gasteiger partial charge in [-0.3, -0.25) is 9.59 Å². The number of nitrogens with zero attached hydrogens (tertiary/aromatic N) is 3. The lowest BCUT2D eigenvalue weighted by atomic mass is 9.82. The number of rotatable bonds is 6. The second-order valence-corrected chi connectivity index (χ2v) is 12.7. The van der Waals surface area contributed by atoms with Gasteiger partial charge < -0.3 is 14.9 Å². The first kappa shape index (κ1) is 24.9. The smallest absolute Gasteiger partial charge is 0.253 e. The molecule has 1 aromatic heterocycles. The van der Waals surface area contributed by atoms with Crippen molar-refractivity contribution in [2.45, 2.75) is 41.9 Å². The van der Waals surface area contributed by atoms with E-state index >= 15 is 0 Å². The van der Waals surface area contributed by atoms with Gasteiger partial charge in [0.2, 0.25) is 5.91 Å². The van der Waals surface area contributed by atoms with Gasteiger partial charge in [0.1, 0.15) is 0 Å². The van der Waals surface area contributed by atoms with Crippen LogP contribution in [0.1, 0.15) is 41.6 Å². The molecule has 2 fully saturated rings. The van der Waals surface area contributed by atoms with Crippen LogP contribution in [-0.2, 0) is 20.4 Å². The number of hydrogen-bond donors (Lipinski definition) is 1. The molecule has 3 aromatic rings. The van der Waals surface area contributed by atoms with Crippen LogP contribution in [0.3, 0.4) is 0 Å². The zero-order valence-electron chi connectivity index (χ0n) is 20.1. The van der Waals surface area contributed by atoms with E-state index < -0.39 is 15.4 Å². The van der Waals surface area contributed by atoms with E-state index in [2.05, 4.69) is 4.98 Å². The number of sulfone groups is 1. The molecule has 3 heterocycles. The molecule has 8 nitrogen and oxygen atoms in total. The number of piperidine rings is 1. The predicted molar refractivity (Wildman–Crippen MR) is 137 cm³/mol. The molecule has 0 aliphatic carbocycles. The molecule has 2 saturated heterocycles. The van der Waals surface area contributed by atoms with Crippen LogP contribution in [0, 0.1) is 5.92 Å². The van der Waals surface area contributed by atoms with Crippen molar-refractivity contribution >= 4 is 43.2 Å². The molecular formula is C26H29N3O5S2. The summed E-state index contributed by atoms with van der Waals surface area (Å²) in [5.74, 6) is -0.375. The second kappa shape index (κ2) is 9.57. The van der Waals surface area contributed by atoms with Crippen LogP contribution in [0.5, 0.6) is 0 Å². The Morgan fingerprint density at radius 1 is 1.14 bits per heavy atom. The highest BCUT2D eigenvalue weighted by Crippen LogP contribution is 2.34. The molecule has 36 heavy (non-hydrogen) atoms. The molecule has 2 aliphatic rings.